The molecule has 0 aliphatic carbocycles. The third-order valence-electron chi connectivity index (χ3n) is 1.65. The van der Waals surface area contributed by atoms with Crippen LogP contribution in [0.2, 0.25) is 0 Å². The molecule has 0 saturated heterocycles. The second kappa shape index (κ2) is 4.91. The first-order chi connectivity index (χ1) is 6.69. The Labute approximate surface area is 89.5 Å². The molecular formula is C10H8BrFO2. The molecule has 0 aliphatic rings. The van der Waals surface area contributed by atoms with Crippen LogP contribution in [0.15, 0.2) is 23.2 Å². The predicted octanol–water partition coefficient (Wildman–Crippen LogP) is 2.98. The van der Waals surface area contributed by atoms with Crippen molar-refractivity contribution in [2.45, 2.75) is 0 Å². The molecule has 2 nitrogen and oxygen atoms in total. The minimum Gasteiger partial charge on any atom is -0.465 e. The number of carbonyl (C=O) groups is 1. The van der Waals surface area contributed by atoms with Crippen LogP contribution in [0.25, 0.3) is 6.08 Å². The Balaban J connectivity index is 3.07. The fourth-order valence-corrected chi connectivity index (χ4v) is 1.29. The van der Waals surface area contributed by atoms with Crippen LogP contribution in [0.5, 0.6) is 0 Å². The standard InChI is InChI=1S/C10H8BrFO2/c1-14-10(13)8-3-2-7(4-5-11)6-9(8)12/h2-6H,1H3/b5-4+. The van der Waals surface area contributed by atoms with Crippen LogP contribution in [0.1, 0.15) is 15.9 Å². The van der Waals surface area contributed by atoms with Gasteiger partial charge in [-0.25, -0.2) is 9.18 Å². The summed E-state index contributed by atoms with van der Waals surface area (Å²) in [6.45, 7) is 0. The SMILES string of the molecule is COC(=O)c1ccc(/C=C/Br)cc1F. The number of hydrogen-bond acceptors (Lipinski definition) is 2. The molecule has 0 spiro atoms. The topological polar surface area (TPSA) is 26.3 Å². The quantitative estimate of drug-likeness (QED) is 0.763. The number of methoxy groups -OCH3 is 1. The van der Waals surface area contributed by atoms with Gasteiger partial charge in [-0.05, 0) is 28.8 Å². The minimum atomic E-state index is -0.670. The summed E-state index contributed by atoms with van der Waals surface area (Å²) in [5.41, 5.74) is 0.617. The van der Waals surface area contributed by atoms with Crippen LogP contribution in [0, 0.1) is 5.82 Å². The van der Waals surface area contributed by atoms with Gasteiger partial charge in [0.1, 0.15) is 5.82 Å². The average molecular weight is 259 g/mol. The molecule has 1 rings (SSSR count). The Kier molecular flexibility index (Phi) is 3.83. The summed E-state index contributed by atoms with van der Waals surface area (Å²) in [7, 11) is 1.22. The fraction of sp³-hybridized carbons (Fsp3) is 0.100. The first-order valence-electron chi connectivity index (χ1n) is 3.83. The molecule has 0 radical (unpaired) electrons. The molecule has 4 heteroatoms. The van der Waals surface area contributed by atoms with Gasteiger partial charge in [0.05, 0.1) is 12.7 Å². The smallest absolute Gasteiger partial charge is 0.340 e. The van der Waals surface area contributed by atoms with Crippen LogP contribution in [0.3, 0.4) is 0 Å². The highest BCUT2D eigenvalue weighted by atomic mass is 79.9. The van der Waals surface area contributed by atoms with Crippen molar-refractivity contribution in [3.63, 3.8) is 0 Å². The third-order valence-corrected chi connectivity index (χ3v) is 1.92. The lowest BCUT2D eigenvalue weighted by atomic mass is 10.1. The molecule has 0 atom stereocenters. The third kappa shape index (κ3) is 2.42. The Bertz CT molecular complexity index is 374. The summed E-state index contributed by atoms with van der Waals surface area (Å²) in [5, 5.41) is 0. The van der Waals surface area contributed by atoms with Crippen molar-refractivity contribution in [1.29, 1.82) is 0 Å². The number of rotatable bonds is 2. The Morgan fingerprint density at radius 2 is 2.29 bits per heavy atom. The zero-order valence-electron chi connectivity index (χ0n) is 7.46. The van der Waals surface area contributed by atoms with Crippen molar-refractivity contribution in [3.8, 4) is 0 Å². The lowest BCUT2D eigenvalue weighted by Gasteiger charge is -2.01. The molecule has 0 heterocycles. The summed E-state index contributed by atoms with van der Waals surface area (Å²) in [4.78, 5) is 12.6. The molecule has 0 aliphatic heterocycles. The van der Waals surface area contributed by atoms with Gasteiger partial charge in [-0.3, -0.25) is 0 Å². The van der Waals surface area contributed by atoms with Crippen molar-refractivity contribution < 1.29 is 13.9 Å². The van der Waals surface area contributed by atoms with E-state index in [0.717, 1.165) is 0 Å². The zero-order chi connectivity index (χ0) is 10.6. The van der Waals surface area contributed by atoms with Crippen molar-refractivity contribution in [3.05, 3.63) is 40.1 Å². The Morgan fingerprint density at radius 3 is 2.79 bits per heavy atom. The summed E-state index contributed by atoms with van der Waals surface area (Å²) in [6, 6.07) is 4.29. The number of esters is 1. The van der Waals surface area contributed by atoms with E-state index in [-0.39, 0.29) is 5.56 Å². The highest BCUT2D eigenvalue weighted by Gasteiger charge is 2.11. The molecule has 0 unspecified atom stereocenters. The van der Waals surface area contributed by atoms with Crippen molar-refractivity contribution in [2.24, 2.45) is 0 Å². The molecule has 1 aromatic carbocycles. The van der Waals surface area contributed by atoms with E-state index in [2.05, 4.69) is 20.7 Å². The Morgan fingerprint density at radius 1 is 1.57 bits per heavy atom. The van der Waals surface area contributed by atoms with Crippen LogP contribution in [0.4, 0.5) is 4.39 Å². The van der Waals surface area contributed by atoms with Gasteiger partial charge in [-0.2, -0.15) is 0 Å². The molecular weight excluding hydrogens is 251 g/mol. The molecule has 0 N–H and O–H groups in total. The van der Waals surface area contributed by atoms with E-state index >= 15 is 0 Å². The predicted molar refractivity (Wildman–Crippen MR) is 55.7 cm³/mol. The first kappa shape index (κ1) is 10.9. The van der Waals surface area contributed by atoms with Crippen molar-refractivity contribution in [2.75, 3.05) is 7.11 Å². The monoisotopic (exact) mass is 258 g/mol. The van der Waals surface area contributed by atoms with Crippen LogP contribution in [-0.2, 0) is 4.74 Å². The maximum atomic E-state index is 13.3. The first-order valence-corrected chi connectivity index (χ1v) is 4.75. The average Bonchev–Trinajstić information content (AvgIpc) is 2.17. The summed E-state index contributed by atoms with van der Waals surface area (Å²) in [6.07, 6.45) is 1.67. The lowest BCUT2D eigenvalue weighted by Crippen LogP contribution is -2.04. The van der Waals surface area contributed by atoms with Gasteiger partial charge >= 0.3 is 5.97 Å². The van der Waals surface area contributed by atoms with E-state index in [1.807, 2.05) is 0 Å². The minimum absolute atomic E-state index is 0.0563. The summed E-state index contributed by atoms with van der Waals surface area (Å²) in [5.74, 6) is -1.25. The van der Waals surface area contributed by atoms with E-state index < -0.39 is 11.8 Å². The molecule has 0 amide bonds. The normalized spacial score (nSPS) is 10.5. The highest BCUT2D eigenvalue weighted by Crippen LogP contribution is 2.13. The van der Waals surface area contributed by atoms with Crippen LogP contribution >= 0.6 is 15.9 Å². The molecule has 14 heavy (non-hydrogen) atoms. The van der Waals surface area contributed by atoms with Gasteiger partial charge in [0, 0.05) is 0 Å². The van der Waals surface area contributed by atoms with E-state index in [1.54, 1.807) is 17.1 Å². The van der Waals surface area contributed by atoms with E-state index in [1.165, 1.54) is 19.2 Å². The molecule has 0 fully saturated rings. The molecule has 0 saturated carbocycles. The summed E-state index contributed by atoms with van der Waals surface area (Å²) < 4.78 is 17.7. The largest absolute Gasteiger partial charge is 0.465 e. The van der Waals surface area contributed by atoms with Gasteiger partial charge in [0.2, 0.25) is 0 Å². The molecule has 0 aromatic heterocycles. The molecule has 1 aromatic rings. The van der Waals surface area contributed by atoms with Gasteiger partial charge in [-0.1, -0.05) is 22.0 Å². The van der Waals surface area contributed by atoms with E-state index in [0.29, 0.717) is 5.56 Å². The Hall–Kier alpha value is -1.16. The van der Waals surface area contributed by atoms with Gasteiger partial charge in [0.25, 0.3) is 0 Å². The van der Waals surface area contributed by atoms with Gasteiger partial charge in [-0.15, -0.1) is 0 Å². The molecule has 74 valence electrons. The van der Waals surface area contributed by atoms with E-state index in [9.17, 15) is 9.18 Å². The number of benzene rings is 1. The lowest BCUT2D eigenvalue weighted by molar-refractivity contribution is 0.0595. The van der Waals surface area contributed by atoms with Gasteiger partial charge in [0.15, 0.2) is 0 Å². The van der Waals surface area contributed by atoms with Crippen molar-refractivity contribution in [1.82, 2.24) is 0 Å². The number of carbonyl (C=O) groups excluding carboxylic acids is 1. The molecule has 0 bridgehead atoms. The number of ether oxygens (including phenoxy) is 1. The van der Waals surface area contributed by atoms with Gasteiger partial charge < -0.3 is 4.74 Å². The zero-order valence-corrected chi connectivity index (χ0v) is 9.05. The van der Waals surface area contributed by atoms with Crippen molar-refractivity contribution >= 4 is 28.0 Å². The number of hydrogen-bond donors (Lipinski definition) is 0. The second-order valence-corrected chi connectivity index (χ2v) is 3.05. The summed E-state index contributed by atoms with van der Waals surface area (Å²) >= 11 is 3.08. The van der Waals surface area contributed by atoms with E-state index in [4.69, 9.17) is 0 Å². The maximum absolute atomic E-state index is 13.3. The fourth-order valence-electron chi connectivity index (χ4n) is 0.983. The van der Waals surface area contributed by atoms with Crippen LogP contribution in [-0.4, -0.2) is 13.1 Å². The van der Waals surface area contributed by atoms with Crippen LogP contribution < -0.4 is 0 Å². The second-order valence-electron chi connectivity index (χ2n) is 2.52. The maximum Gasteiger partial charge on any atom is 0.340 e. The number of halogens is 2. The highest BCUT2D eigenvalue weighted by molar-refractivity contribution is 9.11.